The molecule has 0 atom stereocenters. The topological polar surface area (TPSA) is 12.4 Å². The fourth-order valence-corrected chi connectivity index (χ4v) is 1.34. The van der Waals surface area contributed by atoms with Gasteiger partial charge in [0.25, 0.3) is 0 Å². The highest BCUT2D eigenvalue weighted by molar-refractivity contribution is 7.80. The third-order valence-electron chi connectivity index (χ3n) is 1.71. The molecule has 54 valence electrons. The Balaban J connectivity index is 2.44. The van der Waals surface area contributed by atoms with Gasteiger partial charge in [-0.25, -0.2) is 4.99 Å². The number of rotatable bonds is 0. The molecule has 0 saturated heterocycles. The summed E-state index contributed by atoms with van der Waals surface area (Å²) in [6.45, 7) is 0. The molecule has 1 aliphatic heterocycles. The SMILES string of the molecule is S=C1C=CC2=CC=CCC2=N1. The Morgan fingerprint density at radius 1 is 1.36 bits per heavy atom. The minimum atomic E-state index is 0.687. The standard InChI is InChI=1S/C9H7NS/c11-9-6-5-7-3-1-2-4-8(7)10-9/h1-3,5-6H,4H2. The lowest BCUT2D eigenvalue weighted by molar-refractivity contribution is 1.39. The summed E-state index contributed by atoms with van der Waals surface area (Å²) >= 11 is 4.95. The summed E-state index contributed by atoms with van der Waals surface area (Å²) in [6.07, 6.45) is 11.0. The fraction of sp³-hybridized carbons (Fsp3) is 0.111. The lowest BCUT2D eigenvalue weighted by Crippen LogP contribution is -2.08. The van der Waals surface area contributed by atoms with E-state index in [1.807, 2.05) is 18.2 Å². The van der Waals surface area contributed by atoms with Gasteiger partial charge in [-0.1, -0.05) is 36.5 Å². The van der Waals surface area contributed by atoms with E-state index < -0.39 is 0 Å². The maximum Gasteiger partial charge on any atom is 0.126 e. The highest BCUT2D eigenvalue weighted by atomic mass is 32.1. The van der Waals surface area contributed by atoms with E-state index in [4.69, 9.17) is 12.2 Å². The lowest BCUT2D eigenvalue weighted by atomic mass is 10.0. The van der Waals surface area contributed by atoms with Crippen LogP contribution in [0.1, 0.15) is 6.42 Å². The molecule has 2 aliphatic rings. The van der Waals surface area contributed by atoms with Crippen molar-refractivity contribution in [3.63, 3.8) is 0 Å². The minimum Gasteiger partial charge on any atom is -0.241 e. The maximum absolute atomic E-state index is 4.95. The van der Waals surface area contributed by atoms with Gasteiger partial charge in [0.1, 0.15) is 4.99 Å². The minimum absolute atomic E-state index is 0.687. The number of hydrogen-bond acceptors (Lipinski definition) is 1. The van der Waals surface area contributed by atoms with Crippen LogP contribution >= 0.6 is 12.2 Å². The first-order valence-corrected chi connectivity index (χ1v) is 3.94. The highest BCUT2D eigenvalue weighted by Crippen LogP contribution is 2.15. The number of thiocarbonyl (C=S) groups is 1. The maximum atomic E-state index is 4.95. The number of fused-ring (bicyclic) bond motifs is 1. The van der Waals surface area contributed by atoms with E-state index >= 15 is 0 Å². The molecule has 0 N–H and O–H groups in total. The van der Waals surface area contributed by atoms with Gasteiger partial charge >= 0.3 is 0 Å². The molecular weight excluding hydrogens is 154 g/mol. The van der Waals surface area contributed by atoms with E-state index in [2.05, 4.69) is 17.1 Å². The number of nitrogens with zero attached hydrogens (tertiary/aromatic N) is 1. The Kier molecular flexibility index (Phi) is 1.55. The number of hydrogen-bond donors (Lipinski definition) is 0. The van der Waals surface area contributed by atoms with Gasteiger partial charge in [0.05, 0.1) is 5.71 Å². The van der Waals surface area contributed by atoms with Crippen molar-refractivity contribution in [3.8, 4) is 0 Å². The summed E-state index contributed by atoms with van der Waals surface area (Å²) in [5.74, 6) is 0. The van der Waals surface area contributed by atoms with Crippen LogP contribution in [0.3, 0.4) is 0 Å². The van der Waals surface area contributed by atoms with Crippen LogP contribution in [0.25, 0.3) is 0 Å². The second-order valence-corrected chi connectivity index (χ2v) is 2.90. The molecule has 0 unspecified atom stereocenters. The molecule has 2 rings (SSSR count). The van der Waals surface area contributed by atoms with E-state index in [-0.39, 0.29) is 0 Å². The van der Waals surface area contributed by atoms with E-state index in [1.165, 1.54) is 5.57 Å². The van der Waals surface area contributed by atoms with Crippen LogP contribution in [-0.4, -0.2) is 10.7 Å². The average Bonchev–Trinajstić information content (AvgIpc) is 2.04. The molecule has 0 radical (unpaired) electrons. The van der Waals surface area contributed by atoms with Crippen LogP contribution in [0.2, 0.25) is 0 Å². The summed E-state index contributed by atoms with van der Waals surface area (Å²) in [4.78, 5) is 4.93. The Morgan fingerprint density at radius 3 is 3.18 bits per heavy atom. The highest BCUT2D eigenvalue weighted by Gasteiger charge is 2.09. The summed E-state index contributed by atoms with van der Waals surface area (Å²) in [6, 6.07) is 0. The largest absolute Gasteiger partial charge is 0.241 e. The summed E-state index contributed by atoms with van der Waals surface area (Å²) < 4.78 is 0. The summed E-state index contributed by atoms with van der Waals surface area (Å²) in [7, 11) is 0. The molecule has 1 nitrogen and oxygen atoms in total. The van der Waals surface area contributed by atoms with E-state index in [1.54, 1.807) is 0 Å². The van der Waals surface area contributed by atoms with Crippen molar-refractivity contribution in [2.75, 3.05) is 0 Å². The first-order chi connectivity index (χ1) is 5.36. The van der Waals surface area contributed by atoms with Crippen molar-refractivity contribution in [2.45, 2.75) is 6.42 Å². The van der Waals surface area contributed by atoms with Crippen molar-refractivity contribution >= 4 is 22.9 Å². The molecule has 0 fully saturated rings. The second-order valence-electron chi connectivity index (χ2n) is 2.48. The van der Waals surface area contributed by atoms with E-state index in [9.17, 15) is 0 Å². The van der Waals surface area contributed by atoms with Crippen molar-refractivity contribution in [3.05, 3.63) is 36.0 Å². The third kappa shape index (κ3) is 1.21. The van der Waals surface area contributed by atoms with Crippen LogP contribution in [0, 0.1) is 0 Å². The first-order valence-electron chi connectivity index (χ1n) is 3.53. The Bertz CT molecular complexity index is 318. The Morgan fingerprint density at radius 2 is 2.27 bits per heavy atom. The van der Waals surface area contributed by atoms with Crippen LogP contribution < -0.4 is 0 Å². The predicted octanol–water partition coefficient (Wildman–Crippen LogP) is 2.21. The van der Waals surface area contributed by atoms with Gasteiger partial charge in [-0.3, -0.25) is 0 Å². The molecule has 0 bridgehead atoms. The predicted molar refractivity (Wildman–Crippen MR) is 51.0 cm³/mol. The van der Waals surface area contributed by atoms with E-state index in [0.29, 0.717) is 4.99 Å². The monoisotopic (exact) mass is 161 g/mol. The molecule has 0 spiro atoms. The van der Waals surface area contributed by atoms with Crippen molar-refractivity contribution in [1.82, 2.24) is 0 Å². The molecule has 1 aliphatic carbocycles. The first kappa shape index (κ1) is 6.68. The molecule has 0 amide bonds. The van der Waals surface area contributed by atoms with Crippen molar-refractivity contribution in [2.24, 2.45) is 4.99 Å². The van der Waals surface area contributed by atoms with Crippen LogP contribution in [0.5, 0.6) is 0 Å². The van der Waals surface area contributed by atoms with Gasteiger partial charge in [0, 0.05) is 6.42 Å². The van der Waals surface area contributed by atoms with Crippen LogP contribution in [0.15, 0.2) is 40.9 Å². The fourth-order valence-electron chi connectivity index (χ4n) is 1.16. The molecule has 0 saturated carbocycles. The van der Waals surface area contributed by atoms with Gasteiger partial charge in [-0.05, 0) is 11.6 Å². The summed E-state index contributed by atoms with van der Waals surface area (Å²) in [5, 5.41) is 0. The lowest BCUT2D eigenvalue weighted by Gasteiger charge is -2.11. The van der Waals surface area contributed by atoms with Crippen molar-refractivity contribution in [1.29, 1.82) is 0 Å². The second kappa shape index (κ2) is 2.55. The van der Waals surface area contributed by atoms with E-state index in [0.717, 1.165) is 12.1 Å². The molecule has 2 heteroatoms. The molecule has 1 heterocycles. The zero-order chi connectivity index (χ0) is 7.68. The Hall–Kier alpha value is -1.02. The molecule has 0 aromatic heterocycles. The smallest absolute Gasteiger partial charge is 0.126 e. The third-order valence-corrected chi connectivity index (χ3v) is 1.93. The zero-order valence-corrected chi connectivity index (χ0v) is 6.77. The average molecular weight is 161 g/mol. The van der Waals surface area contributed by atoms with Gasteiger partial charge in [0.15, 0.2) is 0 Å². The van der Waals surface area contributed by atoms with Gasteiger partial charge in [-0.2, -0.15) is 0 Å². The van der Waals surface area contributed by atoms with Gasteiger partial charge in [-0.15, -0.1) is 0 Å². The number of aliphatic imine (C=N–C) groups is 1. The number of dihydropyridines is 1. The quantitative estimate of drug-likeness (QED) is 0.496. The Labute approximate surface area is 70.8 Å². The molecule has 0 aromatic carbocycles. The van der Waals surface area contributed by atoms with Crippen LogP contribution in [-0.2, 0) is 0 Å². The molecular formula is C9H7NS. The van der Waals surface area contributed by atoms with Gasteiger partial charge in [0.2, 0.25) is 0 Å². The summed E-state index contributed by atoms with van der Waals surface area (Å²) in [5.41, 5.74) is 2.29. The van der Waals surface area contributed by atoms with Crippen molar-refractivity contribution < 1.29 is 0 Å². The molecule has 11 heavy (non-hydrogen) atoms. The number of allylic oxidation sites excluding steroid dienone is 5. The zero-order valence-electron chi connectivity index (χ0n) is 5.95. The molecule has 0 aromatic rings. The van der Waals surface area contributed by atoms with Crippen LogP contribution in [0.4, 0.5) is 0 Å². The normalized spacial score (nSPS) is 20.9. The van der Waals surface area contributed by atoms with Gasteiger partial charge < -0.3 is 0 Å².